The summed E-state index contributed by atoms with van der Waals surface area (Å²) in [5.74, 6) is -0.112. The van der Waals surface area contributed by atoms with Crippen LogP contribution < -0.4 is 10.6 Å². The van der Waals surface area contributed by atoms with E-state index in [0.717, 1.165) is 5.56 Å². The van der Waals surface area contributed by atoms with Gasteiger partial charge in [0.1, 0.15) is 0 Å². The highest BCUT2D eigenvalue weighted by Gasteiger charge is 2.07. The van der Waals surface area contributed by atoms with Gasteiger partial charge in [0.2, 0.25) is 5.91 Å². The van der Waals surface area contributed by atoms with Crippen molar-refractivity contribution in [3.63, 3.8) is 0 Å². The number of carbonyl (C=O) groups excluding carboxylic acids is 1. The molecular weight excluding hydrogens is 250 g/mol. The molecule has 0 heterocycles. The maximum absolute atomic E-state index is 11.4. The number of hydrogen-bond donors (Lipinski definition) is 2. The molecule has 5 heteroatoms. The Morgan fingerprint density at radius 3 is 3.00 bits per heavy atom. The van der Waals surface area contributed by atoms with E-state index in [1.807, 2.05) is 37.3 Å². The molecule has 1 aromatic rings. The molecule has 0 unspecified atom stereocenters. The van der Waals surface area contributed by atoms with Crippen molar-refractivity contribution in [1.82, 2.24) is 10.6 Å². The van der Waals surface area contributed by atoms with Crippen LogP contribution in [0.15, 0.2) is 24.3 Å². The first-order chi connectivity index (χ1) is 8.63. The van der Waals surface area contributed by atoms with Gasteiger partial charge < -0.3 is 10.6 Å². The van der Waals surface area contributed by atoms with Crippen molar-refractivity contribution >= 4 is 17.5 Å². The highest BCUT2D eigenvalue weighted by molar-refractivity contribution is 6.30. The largest absolute Gasteiger partial charge is 0.354 e. The van der Waals surface area contributed by atoms with Crippen molar-refractivity contribution in [2.75, 3.05) is 13.1 Å². The van der Waals surface area contributed by atoms with Gasteiger partial charge >= 0.3 is 0 Å². The van der Waals surface area contributed by atoms with Crippen LogP contribution in [0, 0.1) is 11.3 Å². The van der Waals surface area contributed by atoms with Crippen molar-refractivity contribution < 1.29 is 4.79 Å². The van der Waals surface area contributed by atoms with E-state index in [4.69, 9.17) is 16.9 Å². The number of nitrogens with one attached hydrogen (secondary N) is 2. The molecule has 96 valence electrons. The Kier molecular flexibility index (Phi) is 6.20. The van der Waals surface area contributed by atoms with E-state index in [1.165, 1.54) is 0 Å². The molecule has 4 nitrogen and oxygen atoms in total. The fourth-order valence-corrected chi connectivity index (χ4v) is 1.66. The van der Waals surface area contributed by atoms with E-state index >= 15 is 0 Å². The predicted octanol–water partition coefficient (Wildman–Crippen LogP) is 2.02. The molecule has 0 aliphatic rings. The normalized spacial score (nSPS) is 11.6. The van der Waals surface area contributed by atoms with Gasteiger partial charge in [0.25, 0.3) is 0 Å². The number of rotatable bonds is 6. The van der Waals surface area contributed by atoms with E-state index in [1.54, 1.807) is 0 Å². The fraction of sp³-hybridized carbons (Fsp3) is 0.385. The van der Waals surface area contributed by atoms with Crippen LogP contribution in [-0.4, -0.2) is 19.0 Å². The minimum atomic E-state index is -0.112. The maximum Gasteiger partial charge on any atom is 0.234 e. The number of amides is 1. The summed E-state index contributed by atoms with van der Waals surface area (Å²) in [5, 5.41) is 14.8. The summed E-state index contributed by atoms with van der Waals surface area (Å²) in [5.41, 5.74) is 1.03. The number of benzene rings is 1. The van der Waals surface area contributed by atoms with Gasteiger partial charge in [-0.2, -0.15) is 5.26 Å². The van der Waals surface area contributed by atoms with Gasteiger partial charge in [0.15, 0.2) is 0 Å². The first kappa shape index (κ1) is 14.5. The zero-order chi connectivity index (χ0) is 13.4. The molecule has 18 heavy (non-hydrogen) atoms. The van der Waals surface area contributed by atoms with Gasteiger partial charge in [0, 0.05) is 17.6 Å². The number of nitriles is 1. The second-order valence-electron chi connectivity index (χ2n) is 3.92. The average molecular weight is 266 g/mol. The van der Waals surface area contributed by atoms with Crippen molar-refractivity contribution in [3.05, 3.63) is 34.9 Å². The van der Waals surface area contributed by atoms with E-state index in [0.29, 0.717) is 18.0 Å². The zero-order valence-corrected chi connectivity index (χ0v) is 11.0. The summed E-state index contributed by atoms with van der Waals surface area (Å²) in [6.07, 6.45) is 0.329. The highest BCUT2D eigenvalue weighted by Crippen LogP contribution is 2.16. The minimum Gasteiger partial charge on any atom is -0.354 e. The molecule has 0 aliphatic carbocycles. The van der Waals surface area contributed by atoms with Crippen LogP contribution in [0.4, 0.5) is 0 Å². The van der Waals surface area contributed by atoms with E-state index in [-0.39, 0.29) is 18.5 Å². The second-order valence-corrected chi connectivity index (χ2v) is 4.35. The van der Waals surface area contributed by atoms with Crippen LogP contribution in [0.5, 0.6) is 0 Å². The Hall–Kier alpha value is -1.57. The number of hydrogen-bond acceptors (Lipinski definition) is 3. The van der Waals surface area contributed by atoms with Gasteiger partial charge in [-0.15, -0.1) is 0 Å². The van der Waals surface area contributed by atoms with Gasteiger partial charge in [-0.3, -0.25) is 4.79 Å². The summed E-state index contributed by atoms with van der Waals surface area (Å²) in [7, 11) is 0. The standard InChI is InChI=1S/C13H16ClN3O/c1-10(11-4-2-5-12(14)8-11)17-9-13(18)16-7-3-6-15/h2,4-5,8,10,17H,3,7,9H2,1H3,(H,16,18)/t10-/m0/s1. The second kappa shape index (κ2) is 7.70. The van der Waals surface area contributed by atoms with Crippen molar-refractivity contribution in [2.45, 2.75) is 19.4 Å². The van der Waals surface area contributed by atoms with Crippen LogP contribution in [0.1, 0.15) is 24.9 Å². The molecule has 0 radical (unpaired) electrons. The first-order valence-electron chi connectivity index (χ1n) is 5.76. The van der Waals surface area contributed by atoms with Crippen molar-refractivity contribution in [1.29, 1.82) is 5.26 Å². The third-order valence-corrected chi connectivity index (χ3v) is 2.71. The summed E-state index contributed by atoms with van der Waals surface area (Å²) < 4.78 is 0. The highest BCUT2D eigenvalue weighted by atomic mass is 35.5. The Morgan fingerprint density at radius 1 is 1.56 bits per heavy atom. The van der Waals surface area contributed by atoms with Gasteiger partial charge in [-0.1, -0.05) is 23.7 Å². The summed E-state index contributed by atoms with van der Waals surface area (Å²) in [6.45, 7) is 2.58. The van der Waals surface area contributed by atoms with E-state index < -0.39 is 0 Å². The quantitative estimate of drug-likeness (QED) is 0.774. The lowest BCUT2D eigenvalue weighted by molar-refractivity contribution is -0.120. The molecule has 1 atom stereocenters. The SMILES string of the molecule is C[C@H](NCC(=O)NCCC#N)c1cccc(Cl)c1. The molecule has 1 amide bonds. The Morgan fingerprint density at radius 2 is 2.33 bits per heavy atom. The molecule has 0 saturated heterocycles. The predicted molar refractivity (Wildman–Crippen MR) is 71.1 cm³/mol. The minimum absolute atomic E-state index is 0.0467. The number of nitrogens with zero attached hydrogens (tertiary/aromatic N) is 1. The summed E-state index contributed by atoms with van der Waals surface area (Å²) >= 11 is 5.90. The summed E-state index contributed by atoms with van der Waals surface area (Å²) in [4.78, 5) is 11.4. The van der Waals surface area contributed by atoms with Gasteiger partial charge in [-0.05, 0) is 24.6 Å². The van der Waals surface area contributed by atoms with Gasteiger partial charge in [-0.25, -0.2) is 0 Å². The maximum atomic E-state index is 11.4. The monoisotopic (exact) mass is 265 g/mol. The molecule has 0 saturated carbocycles. The molecule has 0 fully saturated rings. The van der Waals surface area contributed by atoms with Crippen LogP contribution in [0.2, 0.25) is 5.02 Å². The Bertz CT molecular complexity index is 442. The molecule has 0 bridgehead atoms. The van der Waals surface area contributed by atoms with Crippen LogP contribution in [0.25, 0.3) is 0 Å². The molecular formula is C13H16ClN3O. The van der Waals surface area contributed by atoms with Crippen LogP contribution in [-0.2, 0) is 4.79 Å². The molecule has 1 rings (SSSR count). The van der Waals surface area contributed by atoms with Crippen LogP contribution in [0.3, 0.4) is 0 Å². The lowest BCUT2D eigenvalue weighted by atomic mass is 10.1. The third-order valence-electron chi connectivity index (χ3n) is 2.48. The molecule has 0 aliphatic heterocycles. The lowest BCUT2D eigenvalue weighted by Gasteiger charge is -2.14. The van der Waals surface area contributed by atoms with Gasteiger partial charge in [0.05, 0.1) is 19.0 Å². The molecule has 0 aromatic heterocycles. The molecule has 1 aromatic carbocycles. The Balaban J connectivity index is 2.35. The average Bonchev–Trinajstić information content (AvgIpc) is 2.36. The smallest absolute Gasteiger partial charge is 0.234 e. The number of carbonyl (C=O) groups is 1. The number of halogens is 1. The van der Waals surface area contributed by atoms with Crippen molar-refractivity contribution in [2.24, 2.45) is 0 Å². The first-order valence-corrected chi connectivity index (χ1v) is 6.13. The van der Waals surface area contributed by atoms with Crippen LogP contribution >= 0.6 is 11.6 Å². The zero-order valence-electron chi connectivity index (χ0n) is 10.2. The van der Waals surface area contributed by atoms with Crippen molar-refractivity contribution in [3.8, 4) is 6.07 Å². The lowest BCUT2D eigenvalue weighted by Crippen LogP contribution is -2.35. The van der Waals surface area contributed by atoms with E-state index in [9.17, 15) is 4.79 Å². The third kappa shape index (κ3) is 5.17. The summed E-state index contributed by atoms with van der Waals surface area (Å²) in [6, 6.07) is 9.53. The molecule has 2 N–H and O–H groups in total. The fourth-order valence-electron chi connectivity index (χ4n) is 1.46. The Labute approximate surface area is 112 Å². The molecule has 0 spiro atoms. The topological polar surface area (TPSA) is 64.9 Å². The van der Waals surface area contributed by atoms with E-state index in [2.05, 4.69) is 10.6 Å².